The Bertz CT molecular complexity index is 532. The van der Waals surface area contributed by atoms with E-state index in [1.807, 2.05) is 30.5 Å². The average molecular weight is 202 g/mol. The van der Waals surface area contributed by atoms with Gasteiger partial charge in [0, 0.05) is 22.7 Å². The van der Waals surface area contributed by atoms with Crippen molar-refractivity contribution in [2.24, 2.45) is 5.73 Å². The van der Waals surface area contributed by atoms with Crippen molar-refractivity contribution in [1.82, 2.24) is 4.98 Å². The van der Waals surface area contributed by atoms with Crippen LogP contribution in [0.3, 0.4) is 0 Å². The van der Waals surface area contributed by atoms with Gasteiger partial charge in [-0.25, -0.2) is 0 Å². The van der Waals surface area contributed by atoms with Crippen molar-refractivity contribution >= 4 is 16.8 Å². The maximum absolute atomic E-state index is 10.9. The number of para-hydroxylation sites is 1. The smallest absolute Gasteiger partial charge is 0.249 e. The summed E-state index contributed by atoms with van der Waals surface area (Å²) in [6.45, 7) is 0. The van der Waals surface area contributed by atoms with Gasteiger partial charge in [0.05, 0.1) is 0 Å². The van der Waals surface area contributed by atoms with Gasteiger partial charge in [-0.05, 0) is 6.07 Å². The van der Waals surface area contributed by atoms with E-state index in [0.717, 1.165) is 16.5 Å². The molecule has 76 valence electrons. The normalized spacial score (nSPS) is 24.3. The van der Waals surface area contributed by atoms with Gasteiger partial charge in [-0.1, -0.05) is 18.2 Å². The average Bonchev–Trinajstić information content (AvgIpc) is 2.92. The first-order valence-corrected chi connectivity index (χ1v) is 4.78. The van der Waals surface area contributed by atoms with Gasteiger partial charge < -0.3 is 15.5 Å². The van der Waals surface area contributed by atoms with E-state index in [9.17, 15) is 4.79 Å². The second kappa shape index (κ2) is 2.84. The number of nitrogens with two attached hydrogens (primary N) is 1. The third-order valence-corrected chi connectivity index (χ3v) is 2.70. The summed E-state index contributed by atoms with van der Waals surface area (Å²) in [5.41, 5.74) is 7.22. The van der Waals surface area contributed by atoms with Crippen LogP contribution < -0.4 is 5.73 Å². The van der Waals surface area contributed by atoms with E-state index in [1.54, 1.807) is 0 Å². The molecule has 0 spiro atoms. The van der Waals surface area contributed by atoms with Gasteiger partial charge >= 0.3 is 0 Å². The van der Waals surface area contributed by atoms with E-state index in [2.05, 4.69) is 4.98 Å². The molecule has 0 saturated carbocycles. The van der Waals surface area contributed by atoms with Crippen molar-refractivity contribution in [3.05, 3.63) is 36.0 Å². The Balaban J connectivity index is 2.03. The van der Waals surface area contributed by atoms with Crippen LogP contribution in [0.1, 0.15) is 11.7 Å². The summed E-state index contributed by atoms with van der Waals surface area (Å²) < 4.78 is 5.24. The van der Waals surface area contributed by atoms with Crippen molar-refractivity contribution in [3.8, 4) is 0 Å². The lowest BCUT2D eigenvalue weighted by Gasteiger charge is -1.92. The fourth-order valence-electron chi connectivity index (χ4n) is 1.89. The first-order chi connectivity index (χ1) is 7.27. The number of epoxide rings is 1. The quantitative estimate of drug-likeness (QED) is 0.715. The topological polar surface area (TPSA) is 71.4 Å². The van der Waals surface area contributed by atoms with E-state index in [4.69, 9.17) is 10.5 Å². The maximum atomic E-state index is 10.9. The van der Waals surface area contributed by atoms with Crippen molar-refractivity contribution < 1.29 is 9.53 Å². The Kier molecular flexibility index (Phi) is 1.61. The Labute approximate surface area is 86.0 Å². The number of aromatic amines is 1. The molecule has 2 atom stereocenters. The van der Waals surface area contributed by atoms with Crippen molar-refractivity contribution in [2.45, 2.75) is 12.2 Å². The zero-order chi connectivity index (χ0) is 10.4. The lowest BCUT2D eigenvalue weighted by Crippen LogP contribution is -2.18. The highest BCUT2D eigenvalue weighted by atomic mass is 16.6. The number of primary amides is 1. The van der Waals surface area contributed by atoms with Crippen LogP contribution >= 0.6 is 0 Å². The maximum Gasteiger partial charge on any atom is 0.249 e. The molecule has 3 N–H and O–H groups in total. The van der Waals surface area contributed by atoms with Crippen LogP contribution in [-0.2, 0) is 9.53 Å². The van der Waals surface area contributed by atoms with Gasteiger partial charge in [-0.15, -0.1) is 0 Å². The predicted octanol–water partition coefficient (Wildman–Crippen LogP) is 1.09. The minimum Gasteiger partial charge on any atom is -0.367 e. The second-order valence-corrected chi connectivity index (χ2v) is 3.67. The molecule has 0 radical (unpaired) electrons. The van der Waals surface area contributed by atoms with E-state index in [1.165, 1.54) is 0 Å². The Hall–Kier alpha value is -1.81. The molecule has 4 heteroatoms. The first kappa shape index (κ1) is 8.49. The summed E-state index contributed by atoms with van der Waals surface area (Å²) in [5.74, 6) is -0.398. The number of aromatic nitrogens is 1. The van der Waals surface area contributed by atoms with Gasteiger partial charge in [0.2, 0.25) is 5.91 Å². The van der Waals surface area contributed by atoms with E-state index >= 15 is 0 Å². The van der Waals surface area contributed by atoms with E-state index in [-0.39, 0.29) is 6.10 Å². The number of carbonyl (C=O) groups is 1. The SMILES string of the molecule is NC(=O)C1OC1c1c[nH]c2ccccc12. The van der Waals surface area contributed by atoms with Gasteiger partial charge in [0.25, 0.3) is 0 Å². The van der Waals surface area contributed by atoms with Crippen LogP contribution in [0.5, 0.6) is 0 Å². The molecule has 1 aromatic carbocycles. The van der Waals surface area contributed by atoms with Crippen LogP contribution in [0, 0.1) is 0 Å². The van der Waals surface area contributed by atoms with Crippen molar-refractivity contribution in [2.75, 3.05) is 0 Å². The molecule has 2 heterocycles. The number of benzene rings is 1. The molecule has 1 aliphatic heterocycles. The molecule has 4 nitrogen and oxygen atoms in total. The molecule has 0 bridgehead atoms. The lowest BCUT2D eigenvalue weighted by molar-refractivity contribution is -0.119. The summed E-state index contributed by atoms with van der Waals surface area (Å²) in [6.07, 6.45) is 1.25. The van der Waals surface area contributed by atoms with Crippen LogP contribution in [0.2, 0.25) is 0 Å². The summed E-state index contributed by atoms with van der Waals surface area (Å²) in [4.78, 5) is 14.0. The monoisotopic (exact) mass is 202 g/mol. The lowest BCUT2D eigenvalue weighted by atomic mass is 10.1. The zero-order valence-corrected chi connectivity index (χ0v) is 7.94. The first-order valence-electron chi connectivity index (χ1n) is 4.78. The third kappa shape index (κ3) is 1.22. The van der Waals surface area contributed by atoms with E-state index in [0.29, 0.717) is 0 Å². The highest BCUT2D eigenvalue weighted by molar-refractivity contribution is 5.87. The van der Waals surface area contributed by atoms with E-state index < -0.39 is 12.0 Å². The number of hydrogen-bond acceptors (Lipinski definition) is 2. The number of nitrogens with one attached hydrogen (secondary N) is 1. The molecular weight excluding hydrogens is 192 g/mol. The summed E-state index contributed by atoms with van der Waals surface area (Å²) in [7, 11) is 0. The van der Waals surface area contributed by atoms with Crippen molar-refractivity contribution in [1.29, 1.82) is 0 Å². The number of carbonyl (C=O) groups excluding carboxylic acids is 1. The fraction of sp³-hybridized carbons (Fsp3) is 0.182. The molecule has 15 heavy (non-hydrogen) atoms. The molecule has 1 amide bonds. The molecule has 3 rings (SSSR count). The summed E-state index contributed by atoms with van der Waals surface area (Å²) in [6, 6.07) is 7.91. The summed E-state index contributed by atoms with van der Waals surface area (Å²) >= 11 is 0. The van der Waals surface area contributed by atoms with Crippen LogP contribution in [0.25, 0.3) is 10.9 Å². The molecule has 2 aromatic rings. The number of hydrogen-bond donors (Lipinski definition) is 2. The number of H-pyrrole nitrogens is 1. The van der Waals surface area contributed by atoms with Gasteiger partial charge in [-0.3, -0.25) is 4.79 Å². The number of fused-ring (bicyclic) bond motifs is 1. The van der Waals surface area contributed by atoms with Crippen LogP contribution in [-0.4, -0.2) is 17.0 Å². The standard InChI is InChI=1S/C11H10N2O2/c12-11(14)10-9(15-10)7-5-13-8-4-2-1-3-6(7)8/h1-5,9-10,13H,(H2,12,14). The molecular formula is C11H10N2O2. The number of amides is 1. The second-order valence-electron chi connectivity index (χ2n) is 3.67. The van der Waals surface area contributed by atoms with Crippen LogP contribution in [0.15, 0.2) is 30.5 Å². The molecule has 1 aliphatic rings. The Morgan fingerprint density at radius 3 is 2.93 bits per heavy atom. The highest BCUT2D eigenvalue weighted by Crippen LogP contribution is 2.41. The molecule has 1 aromatic heterocycles. The Morgan fingerprint density at radius 2 is 2.20 bits per heavy atom. The van der Waals surface area contributed by atoms with Gasteiger partial charge in [-0.2, -0.15) is 0 Å². The Morgan fingerprint density at radius 1 is 1.40 bits per heavy atom. The number of rotatable bonds is 2. The highest BCUT2D eigenvalue weighted by Gasteiger charge is 2.45. The van der Waals surface area contributed by atoms with Crippen LogP contribution in [0.4, 0.5) is 0 Å². The van der Waals surface area contributed by atoms with Gasteiger partial charge in [0.1, 0.15) is 6.10 Å². The minimum absolute atomic E-state index is 0.168. The molecule has 1 saturated heterocycles. The van der Waals surface area contributed by atoms with Crippen molar-refractivity contribution in [3.63, 3.8) is 0 Å². The largest absolute Gasteiger partial charge is 0.367 e. The molecule has 2 unspecified atom stereocenters. The summed E-state index contributed by atoms with van der Waals surface area (Å²) in [5, 5.41) is 1.09. The minimum atomic E-state index is -0.454. The van der Waals surface area contributed by atoms with Gasteiger partial charge in [0.15, 0.2) is 6.10 Å². The fourth-order valence-corrected chi connectivity index (χ4v) is 1.89. The molecule has 1 fully saturated rings. The third-order valence-electron chi connectivity index (χ3n) is 2.70. The number of ether oxygens (including phenoxy) is 1. The molecule has 0 aliphatic carbocycles. The zero-order valence-electron chi connectivity index (χ0n) is 7.94. The predicted molar refractivity (Wildman–Crippen MR) is 55.1 cm³/mol.